The Bertz CT molecular complexity index is 701. The molecule has 0 amide bonds. The summed E-state index contributed by atoms with van der Waals surface area (Å²) in [6.45, 7) is 5.01. The highest BCUT2D eigenvalue weighted by Crippen LogP contribution is 2.33. The van der Waals surface area contributed by atoms with E-state index in [0.29, 0.717) is 29.9 Å². The summed E-state index contributed by atoms with van der Waals surface area (Å²) in [5, 5.41) is 0. The summed E-state index contributed by atoms with van der Waals surface area (Å²) in [5.74, 6) is 0.0861. The number of esters is 1. The fraction of sp³-hybridized carbons (Fsp3) is 0.562. The monoisotopic (exact) mass is 359 g/mol. The Labute approximate surface area is 143 Å². The molecule has 0 saturated heterocycles. The van der Waals surface area contributed by atoms with Gasteiger partial charge in [0.05, 0.1) is 26.2 Å². The lowest BCUT2D eigenvalue weighted by atomic mass is 9.98. The van der Waals surface area contributed by atoms with Gasteiger partial charge in [-0.25, -0.2) is 8.42 Å². The first-order chi connectivity index (χ1) is 11.1. The van der Waals surface area contributed by atoms with Crippen LogP contribution in [0.2, 0.25) is 0 Å². The molecule has 8 heteroatoms. The van der Waals surface area contributed by atoms with Crippen LogP contribution in [0.15, 0.2) is 17.0 Å². The average Bonchev–Trinajstić information content (AvgIpc) is 2.52. The molecular formula is C16H25NO6S. The number of nitrogens with one attached hydrogen (secondary N) is 1. The van der Waals surface area contributed by atoms with E-state index < -0.39 is 21.5 Å². The molecule has 0 aliphatic carbocycles. The molecule has 0 aliphatic rings. The van der Waals surface area contributed by atoms with Crippen LogP contribution in [0.5, 0.6) is 11.5 Å². The van der Waals surface area contributed by atoms with Crippen LogP contribution in [0, 0.1) is 6.92 Å². The van der Waals surface area contributed by atoms with Gasteiger partial charge < -0.3 is 14.2 Å². The molecule has 136 valence electrons. The molecule has 1 rings (SSSR count). The maximum Gasteiger partial charge on any atom is 0.326 e. The predicted octanol–water partition coefficient (Wildman–Crippen LogP) is 2.02. The summed E-state index contributed by atoms with van der Waals surface area (Å²) in [6.07, 6.45) is 0.921. The normalized spacial score (nSPS) is 13.9. The molecule has 0 bridgehead atoms. The number of methoxy groups -OCH3 is 3. The highest BCUT2D eigenvalue weighted by Gasteiger charge is 2.38. The molecule has 0 aliphatic heterocycles. The Morgan fingerprint density at radius 2 is 1.71 bits per heavy atom. The van der Waals surface area contributed by atoms with Crippen molar-refractivity contribution in [1.82, 2.24) is 4.72 Å². The first kappa shape index (κ1) is 20.2. The van der Waals surface area contributed by atoms with Crippen molar-refractivity contribution in [2.24, 2.45) is 0 Å². The van der Waals surface area contributed by atoms with Gasteiger partial charge in [-0.1, -0.05) is 13.3 Å². The zero-order chi connectivity index (χ0) is 18.5. The summed E-state index contributed by atoms with van der Waals surface area (Å²) >= 11 is 0. The van der Waals surface area contributed by atoms with Gasteiger partial charge in [0.2, 0.25) is 10.0 Å². The van der Waals surface area contributed by atoms with Crippen molar-refractivity contribution in [3.8, 4) is 11.5 Å². The van der Waals surface area contributed by atoms with Crippen molar-refractivity contribution in [2.45, 2.75) is 44.0 Å². The number of benzene rings is 1. The fourth-order valence-corrected chi connectivity index (χ4v) is 4.16. The fourth-order valence-electron chi connectivity index (χ4n) is 2.52. The molecule has 0 aromatic heterocycles. The van der Waals surface area contributed by atoms with Crippen LogP contribution in [0.3, 0.4) is 0 Å². The number of ether oxygens (including phenoxy) is 3. The van der Waals surface area contributed by atoms with Crippen LogP contribution in [-0.4, -0.2) is 41.3 Å². The Morgan fingerprint density at radius 3 is 2.17 bits per heavy atom. The van der Waals surface area contributed by atoms with Crippen molar-refractivity contribution in [1.29, 1.82) is 0 Å². The highest BCUT2D eigenvalue weighted by atomic mass is 32.2. The Kier molecular flexibility index (Phi) is 6.62. The smallest absolute Gasteiger partial charge is 0.326 e. The SMILES string of the molecule is CCCC(C)(NS(=O)(=O)c1cc(OC)c(OC)cc1C)C(=O)OC. The lowest BCUT2D eigenvalue weighted by Gasteiger charge is -2.27. The van der Waals surface area contributed by atoms with Gasteiger partial charge in [-0.3, -0.25) is 4.79 Å². The second kappa shape index (κ2) is 7.85. The van der Waals surface area contributed by atoms with Gasteiger partial charge in [-0.15, -0.1) is 0 Å². The zero-order valence-electron chi connectivity index (χ0n) is 14.9. The highest BCUT2D eigenvalue weighted by molar-refractivity contribution is 7.89. The van der Waals surface area contributed by atoms with Crippen LogP contribution < -0.4 is 14.2 Å². The van der Waals surface area contributed by atoms with Crippen LogP contribution in [0.1, 0.15) is 32.3 Å². The molecule has 0 fully saturated rings. The van der Waals surface area contributed by atoms with E-state index in [0.717, 1.165) is 0 Å². The predicted molar refractivity (Wildman–Crippen MR) is 89.9 cm³/mol. The quantitative estimate of drug-likeness (QED) is 0.714. The van der Waals surface area contributed by atoms with E-state index in [1.807, 2.05) is 6.92 Å². The maximum atomic E-state index is 12.8. The number of carbonyl (C=O) groups excluding carboxylic acids is 1. The lowest BCUT2D eigenvalue weighted by Crippen LogP contribution is -2.52. The van der Waals surface area contributed by atoms with Gasteiger partial charge in [-0.2, -0.15) is 4.72 Å². The number of carbonyl (C=O) groups is 1. The van der Waals surface area contributed by atoms with Crippen molar-refractivity contribution in [3.63, 3.8) is 0 Å². The maximum absolute atomic E-state index is 12.8. The van der Waals surface area contributed by atoms with E-state index in [1.165, 1.54) is 34.3 Å². The number of sulfonamides is 1. The van der Waals surface area contributed by atoms with Crippen molar-refractivity contribution in [2.75, 3.05) is 21.3 Å². The first-order valence-electron chi connectivity index (χ1n) is 7.50. The molecule has 7 nitrogen and oxygen atoms in total. The molecule has 1 unspecified atom stereocenters. The molecule has 0 saturated carbocycles. The molecule has 1 aromatic rings. The van der Waals surface area contributed by atoms with Crippen LogP contribution in [-0.2, 0) is 19.6 Å². The second-order valence-electron chi connectivity index (χ2n) is 5.65. The van der Waals surface area contributed by atoms with E-state index in [-0.39, 0.29) is 4.90 Å². The summed E-state index contributed by atoms with van der Waals surface area (Å²) < 4.78 is 43.2. The number of rotatable bonds is 8. The van der Waals surface area contributed by atoms with Crippen molar-refractivity contribution in [3.05, 3.63) is 17.7 Å². The van der Waals surface area contributed by atoms with Crippen molar-refractivity contribution >= 4 is 16.0 Å². The van der Waals surface area contributed by atoms with Crippen molar-refractivity contribution < 1.29 is 27.4 Å². The molecule has 1 N–H and O–H groups in total. The number of hydrogen-bond donors (Lipinski definition) is 1. The third-order valence-corrected chi connectivity index (χ3v) is 5.45. The van der Waals surface area contributed by atoms with Crippen LogP contribution >= 0.6 is 0 Å². The van der Waals surface area contributed by atoms with Gasteiger partial charge >= 0.3 is 5.97 Å². The minimum absolute atomic E-state index is 0.0198. The Hall–Kier alpha value is -1.80. The van der Waals surface area contributed by atoms with Gasteiger partial charge in [-0.05, 0) is 31.9 Å². The first-order valence-corrected chi connectivity index (χ1v) is 8.98. The second-order valence-corrected chi connectivity index (χ2v) is 7.30. The molecule has 1 atom stereocenters. The van der Waals surface area contributed by atoms with E-state index in [4.69, 9.17) is 14.2 Å². The third kappa shape index (κ3) is 4.18. The molecule has 24 heavy (non-hydrogen) atoms. The summed E-state index contributed by atoms with van der Waals surface area (Å²) in [6, 6.07) is 2.95. The standard InChI is InChI=1S/C16H25NO6S/c1-7-8-16(3,15(18)23-6)17-24(19,20)14-10-13(22-5)12(21-4)9-11(14)2/h9-10,17H,7-8H2,1-6H3. The zero-order valence-corrected chi connectivity index (χ0v) is 15.7. The molecule has 0 radical (unpaired) electrons. The molecule has 0 heterocycles. The third-order valence-electron chi connectivity index (χ3n) is 3.72. The summed E-state index contributed by atoms with van der Waals surface area (Å²) in [7, 11) is 0.153. The Balaban J connectivity index is 3.36. The van der Waals surface area contributed by atoms with Gasteiger partial charge in [0.15, 0.2) is 11.5 Å². The van der Waals surface area contributed by atoms with Crippen LogP contribution in [0.4, 0.5) is 0 Å². The topological polar surface area (TPSA) is 90.9 Å². The number of hydrogen-bond acceptors (Lipinski definition) is 6. The lowest BCUT2D eigenvalue weighted by molar-refractivity contribution is -0.147. The van der Waals surface area contributed by atoms with E-state index in [9.17, 15) is 13.2 Å². The Morgan fingerprint density at radius 1 is 1.17 bits per heavy atom. The van der Waals surface area contributed by atoms with Gasteiger partial charge in [0.25, 0.3) is 0 Å². The molecule has 1 aromatic carbocycles. The molecule has 0 spiro atoms. The largest absolute Gasteiger partial charge is 0.493 e. The minimum atomic E-state index is -3.97. The van der Waals surface area contributed by atoms with E-state index in [1.54, 1.807) is 13.0 Å². The van der Waals surface area contributed by atoms with Gasteiger partial charge in [0, 0.05) is 6.07 Å². The van der Waals surface area contributed by atoms with Crippen LogP contribution in [0.25, 0.3) is 0 Å². The summed E-state index contributed by atoms with van der Waals surface area (Å²) in [5.41, 5.74) is -0.870. The average molecular weight is 359 g/mol. The van der Waals surface area contributed by atoms with E-state index >= 15 is 0 Å². The minimum Gasteiger partial charge on any atom is -0.493 e. The van der Waals surface area contributed by atoms with Gasteiger partial charge in [0.1, 0.15) is 5.54 Å². The number of aryl methyl sites for hydroxylation is 1. The molecular weight excluding hydrogens is 334 g/mol. The summed E-state index contributed by atoms with van der Waals surface area (Å²) in [4.78, 5) is 12.1. The van der Waals surface area contributed by atoms with E-state index in [2.05, 4.69) is 4.72 Å².